The smallest absolute Gasteiger partial charge is 0.332 e. The largest absolute Gasteiger partial charge is 0.479 e. The molecule has 0 radical (unpaired) electrons. The fourth-order valence-electron chi connectivity index (χ4n) is 2.00. The first-order valence-electron chi connectivity index (χ1n) is 6.54. The highest BCUT2D eigenvalue weighted by Crippen LogP contribution is 2.21. The minimum absolute atomic E-state index is 0.0757. The molecule has 0 aromatic heterocycles. The zero-order valence-corrected chi connectivity index (χ0v) is 12.3. The Kier molecular flexibility index (Phi) is 5.10. The quantitative estimate of drug-likeness (QED) is 0.758. The Hall–Kier alpha value is -1.63. The Morgan fingerprint density at radius 1 is 1.25 bits per heavy atom. The molecule has 1 aliphatic heterocycles. The van der Waals surface area contributed by atoms with E-state index in [-0.39, 0.29) is 23.9 Å². The van der Waals surface area contributed by atoms with Crippen molar-refractivity contribution in [3.63, 3.8) is 0 Å². The van der Waals surface area contributed by atoms with Gasteiger partial charge in [0.2, 0.25) is 5.91 Å². The van der Waals surface area contributed by atoms with Gasteiger partial charge in [-0.3, -0.25) is 9.59 Å². The third-order valence-electron chi connectivity index (χ3n) is 2.84. The highest BCUT2D eigenvalue weighted by Gasteiger charge is 2.36. The van der Waals surface area contributed by atoms with Gasteiger partial charge in [-0.25, -0.2) is 4.79 Å². The van der Waals surface area contributed by atoms with Crippen molar-refractivity contribution in [2.45, 2.75) is 51.4 Å². The molecule has 7 heteroatoms. The normalized spacial score (nSPS) is 22.4. The van der Waals surface area contributed by atoms with E-state index in [2.05, 4.69) is 5.32 Å². The van der Waals surface area contributed by atoms with Crippen LogP contribution in [0.5, 0.6) is 0 Å². The average Bonchev–Trinajstić information content (AvgIpc) is 2.74. The number of carbonyl (C=O) groups excluding carboxylic acids is 2. The second-order valence-electron chi connectivity index (χ2n) is 6.02. The Bertz CT molecular complexity index is 402. The van der Waals surface area contributed by atoms with Gasteiger partial charge in [0.05, 0.1) is 6.54 Å². The van der Waals surface area contributed by atoms with Crippen LogP contribution in [0.1, 0.15) is 33.6 Å². The van der Waals surface area contributed by atoms with Gasteiger partial charge < -0.3 is 20.1 Å². The van der Waals surface area contributed by atoms with Crippen LogP contribution in [0.15, 0.2) is 0 Å². The van der Waals surface area contributed by atoms with Crippen molar-refractivity contribution in [1.29, 1.82) is 0 Å². The summed E-state index contributed by atoms with van der Waals surface area (Å²) in [6, 6.07) is 0. The second kappa shape index (κ2) is 6.21. The van der Waals surface area contributed by atoms with Crippen LogP contribution in [0.25, 0.3) is 0 Å². The third-order valence-corrected chi connectivity index (χ3v) is 2.84. The number of rotatable bonds is 4. The molecule has 1 fully saturated rings. The van der Waals surface area contributed by atoms with Crippen molar-refractivity contribution >= 4 is 17.8 Å². The highest BCUT2D eigenvalue weighted by molar-refractivity contribution is 5.87. The number of ether oxygens (including phenoxy) is 1. The van der Waals surface area contributed by atoms with Crippen LogP contribution >= 0.6 is 0 Å². The maximum absolute atomic E-state index is 12.0. The summed E-state index contributed by atoms with van der Waals surface area (Å²) in [6.07, 6.45) is -1.03. The van der Waals surface area contributed by atoms with Gasteiger partial charge >= 0.3 is 5.97 Å². The lowest BCUT2D eigenvalue weighted by Crippen LogP contribution is -2.48. The minimum Gasteiger partial charge on any atom is -0.479 e. The summed E-state index contributed by atoms with van der Waals surface area (Å²) in [5, 5.41) is 11.6. The maximum atomic E-state index is 12.0. The first-order valence-corrected chi connectivity index (χ1v) is 6.54. The Balaban J connectivity index is 2.48. The molecule has 0 unspecified atom stereocenters. The van der Waals surface area contributed by atoms with Crippen LogP contribution in [0, 0.1) is 0 Å². The molecule has 2 amide bonds. The van der Waals surface area contributed by atoms with Crippen molar-refractivity contribution in [1.82, 2.24) is 10.2 Å². The molecule has 1 aliphatic rings. The van der Waals surface area contributed by atoms with E-state index in [0.717, 1.165) is 0 Å². The average molecular weight is 286 g/mol. The zero-order chi connectivity index (χ0) is 15.5. The summed E-state index contributed by atoms with van der Waals surface area (Å²) in [4.78, 5) is 35.8. The molecule has 1 heterocycles. The summed E-state index contributed by atoms with van der Waals surface area (Å²) in [6.45, 7) is 5.48. The number of carboxylic acids is 1. The first kappa shape index (κ1) is 16.4. The molecule has 2 atom stereocenters. The lowest BCUT2D eigenvalue weighted by atomic mass is 10.1. The van der Waals surface area contributed by atoms with Gasteiger partial charge in [-0.1, -0.05) is 0 Å². The molecule has 0 aromatic rings. The molecule has 7 nitrogen and oxygen atoms in total. The van der Waals surface area contributed by atoms with Crippen LogP contribution in [0.3, 0.4) is 0 Å². The zero-order valence-electron chi connectivity index (χ0n) is 12.3. The predicted molar refractivity (Wildman–Crippen MR) is 71.1 cm³/mol. The van der Waals surface area contributed by atoms with Crippen LogP contribution in [0.2, 0.25) is 0 Å². The molecular weight excluding hydrogens is 264 g/mol. The Labute approximate surface area is 118 Å². The lowest BCUT2D eigenvalue weighted by Gasteiger charge is -2.24. The second-order valence-corrected chi connectivity index (χ2v) is 6.02. The van der Waals surface area contributed by atoms with Crippen LogP contribution in [-0.4, -0.2) is 59.1 Å². The molecule has 0 bridgehead atoms. The standard InChI is InChI=1S/C13H22N2O5/c1-13(2,3)14-10(16)7-15(4)11(17)8-5-6-9(20-8)12(18)19/h8-9H,5-7H2,1-4H3,(H,14,16)(H,18,19)/t8-,9+/m0/s1. The minimum atomic E-state index is -1.06. The third kappa shape index (κ3) is 4.80. The lowest BCUT2D eigenvalue weighted by molar-refractivity contribution is -0.155. The number of nitrogens with one attached hydrogen (secondary N) is 1. The van der Waals surface area contributed by atoms with E-state index in [1.54, 1.807) is 0 Å². The van der Waals surface area contributed by atoms with Crippen LogP contribution in [-0.2, 0) is 19.1 Å². The maximum Gasteiger partial charge on any atom is 0.332 e. The van der Waals surface area contributed by atoms with Crippen LogP contribution in [0.4, 0.5) is 0 Å². The summed E-state index contributed by atoms with van der Waals surface area (Å²) >= 11 is 0. The number of carboxylic acid groups (broad SMARTS) is 1. The van der Waals surface area contributed by atoms with Gasteiger partial charge in [-0.2, -0.15) is 0 Å². The number of carbonyl (C=O) groups is 3. The monoisotopic (exact) mass is 286 g/mol. The highest BCUT2D eigenvalue weighted by atomic mass is 16.5. The van der Waals surface area contributed by atoms with Gasteiger partial charge in [-0.05, 0) is 33.6 Å². The van der Waals surface area contributed by atoms with Crippen molar-refractivity contribution in [2.75, 3.05) is 13.6 Å². The fraction of sp³-hybridized carbons (Fsp3) is 0.769. The van der Waals surface area contributed by atoms with E-state index in [1.807, 2.05) is 20.8 Å². The van der Waals surface area contributed by atoms with E-state index < -0.39 is 18.2 Å². The molecule has 0 saturated carbocycles. The SMILES string of the molecule is CN(CC(=O)NC(C)(C)C)C(=O)[C@@H]1CC[C@H](C(=O)O)O1. The first-order chi connectivity index (χ1) is 9.10. The summed E-state index contributed by atoms with van der Waals surface area (Å²) in [5.74, 6) is -1.69. The van der Waals surface area contributed by atoms with Gasteiger partial charge in [0.1, 0.15) is 6.10 Å². The molecule has 0 aliphatic carbocycles. The Morgan fingerprint density at radius 3 is 2.25 bits per heavy atom. The predicted octanol–water partition coefficient (Wildman–Crippen LogP) is -0.00830. The molecule has 0 spiro atoms. The van der Waals surface area contributed by atoms with Gasteiger partial charge in [-0.15, -0.1) is 0 Å². The number of hydrogen-bond donors (Lipinski definition) is 2. The van der Waals surface area contributed by atoms with Crippen LogP contribution < -0.4 is 5.32 Å². The topological polar surface area (TPSA) is 95.9 Å². The molecule has 1 rings (SSSR count). The molecule has 20 heavy (non-hydrogen) atoms. The number of likely N-dealkylation sites (N-methyl/N-ethyl adjacent to an activating group) is 1. The Morgan fingerprint density at radius 2 is 1.80 bits per heavy atom. The number of amides is 2. The van der Waals surface area contributed by atoms with Crippen molar-refractivity contribution in [2.24, 2.45) is 0 Å². The molecule has 0 aromatic carbocycles. The molecule has 1 saturated heterocycles. The van der Waals surface area contributed by atoms with Crippen molar-refractivity contribution < 1.29 is 24.2 Å². The molecule has 114 valence electrons. The van der Waals surface area contributed by atoms with Gasteiger partial charge in [0.25, 0.3) is 5.91 Å². The number of nitrogens with zero attached hydrogens (tertiary/aromatic N) is 1. The number of aliphatic carboxylic acids is 1. The van der Waals surface area contributed by atoms with Crippen molar-refractivity contribution in [3.05, 3.63) is 0 Å². The van der Waals surface area contributed by atoms with Crippen molar-refractivity contribution in [3.8, 4) is 0 Å². The van der Waals surface area contributed by atoms with E-state index in [1.165, 1.54) is 11.9 Å². The van der Waals surface area contributed by atoms with E-state index >= 15 is 0 Å². The summed E-state index contributed by atoms with van der Waals surface area (Å²) in [5.41, 5.74) is -0.362. The number of hydrogen-bond acceptors (Lipinski definition) is 4. The van der Waals surface area contributed by atoms with Gasteiger partial charge in [0.15, 0.2) is 6.10 Å². The van der Waals surface area contributed by atoms with E-state index in [4.69, 9.17) is 9.84 Å². The molecule has 2 N–H and O–H groups in total. The fourth-order valence-corrected chi connectivity index (χ4v) is 2.00. The summed E-state index contributed by atoms with van der Waals surface area (Å²) in [7, 11) is 1.50. The molecular formula is C13H22N2O5. The summed E-state index contributed by atoms with van der Waals surface area (Å²) < 4.78 is 5.17. The van der Waals surface area contributed by atoms with E-state index in [9.17, 15) is 14.4 Å². The van der Waals surface area contributed by atoms with Gasteiger partial charge in [0, 0.05) is 12.6 Å². The van der Waals surface area contributed by atoms with E-state index in [0.29, 0.717) is 12.8 Å².